The molecule has 0 saturated heterocycles. The van der Waals surface area contributed by atoms with Crippen molar-refractivity contribution < 1.29 is 24.5 Å². The summed E-state index contributed by atoms with van der Waals surface area (Å²) < 4.78 is 5.51. The van der Waals surface area contributed by atoms with Gasteiger partial charge in [0, 0.05) is 12.8 Å². The van der Waals surface area contributed by atoms with E-state index in [4.69, 9.17) is 4.74 Å². The standard InChI is InChI=1S/C72H141NO5/c1-3-5-7-9-11-13-15-16-17-40-43-46-50-54-58-62-66-72(77)78-67-63-59-55-51-47-44-41-38-36-34-32-30-28-26-24-22-20-18-19-21-23-25-27-29-31-33-35-37-39-42-45-49-53-57-61-65-71(76)73-69(68-74)70(75)64-60-56-52-48-14-12-10-8-6-4-2/h60,64,69-70,74-75H,3-59,61-63,65-68H2,1-2H3,(H,73,76)/b64-60+. The normalized spacial score (nSPS) is 12.5. The van der Waals surface area contributed by atoms with Gasteiger partial charge in [-0.25, -0.2) is 0 Å². The molecule has 0 spiro atoms. The molecule has 6 heteroatoms. The Bertz CT molecular complexity index is 1180. The molecular formula is C72H141NO5. The third-order valence-electron chi connectivity index (χ3n) is 17.1. The number of aliphatic hydroxyl groups is 2. The summed E-state index contributed by atoms with van der Waals surface area (Å²) in [6.07, 6.45) is 84.7. The van der Waals surface area contributed by atoms with Gasteiger partial charge in [0.05, 0.1) is 25.4 Å². The molecule has 0 aromatic rings. The Morgan fingerprint density at radius 1 is 0.346 bits per heavy atom. The second kappa shape index (κ2) is 68.1. The van der Waals surface area contributed by atoms with Gasteiger partial charge in [0.1, 0.15) is 0 Å². The van der Waals surface area contributed by atoms with E-state index in [-0.39, 0.29) is 18.5 Å². The Labute approximate surface area is 489 Å². The van der Waals surface area contributed by atoms with Gasteiger partial charge in [-0.1, -0.05) is 379 Å². The van der Waals surface area contributed by atoms with Crippen LogP contribution >= 0.6 is 0 Å². The van der Waals surface area contributed by atoms with Crippen molar-refractivity contribution in [1.29, 1.82) is 0 Å². The van der Waals surface area contributed by atoms with Crippen LogP contribution in [0, 0.1) is 0 Å². The highest BCUT2D eigenvalue weighted by Crippen LogP contribution is 2.19. The van der Waals surface area contributed by atoms with Gasteiger partial charge >= 0.3 is 5.97 Å². The van der Waals surface area contributed by atoms with Gasteiger partial charge in [0.15, 0.2) is 0 Å². The van der Waals surface area contributed by atoms with Crippen LogP contribution in [0.25, 0.3) is 0 Å². The largest absolute Gasteiger partial charge is 0.466 e. The number of nitrogens with one attached hydrogen (secondary N) is 1. The number of esters is 1. The molecule has 6 nitrogen and oxygen atoms in total. The second-order valence-electron chi connectivity index (χ2n) is 24.9. The van der Waals surface area contributed by atoms with Gasteiger partial charge < -0.3 is 20.3 Å². The van der Waals surface area contributed by atoms with Crippen LogP contribution in [-0.4, -0.2) is 47.4 Å². The van der Waals surface area contributed by atoms with E-state index in [2.05, 4.69) is 19.2 Å². The zero-order valence-corrected chi connectivity index (χ0v) is 53.2. The lowest BCUT2D eigenvalue weighted by Gasteiger charge is -2.20. The number of allylic oxidation sites excluding steroid dienone is 1. The number of carbonyl (C=O) groups excluding carboxylic acids is 2. The minimum Gasteiger partial charge on any atom is -0.466 e. The van der Waals surface area contributed by atoms with Crippen LogP contribution in [0.3, 0.4) is 0 Å². The fourth-order valence-corrected chi connectivity index (χ4v) is 11.6. The lowest BCUT2D eigenvalue weighted by Crippen LogP contribution is -2.45. The summed E-state index contributed by atoms with van der Waals surface area (Å²) in [5.41, 5.74) is 0. The molecule has 2 atom stereocenters. The summed E-state index contributed by atoms with van der Waals surface area (Å²) in [5, 5.41) is 23.0. The predicted molar refractivity (Wildman–Crippen MR) is 343 cm³/mol. The summed E-state index contributed by atoms with van der Waals surface area (Å²) in [6.45, 7) is 4.93. The highest BCUT2D eigenvalue weighted by molar-refractivity contribution is 5.76. The summed E-state index contributed by atoms with van der Waals surface area (Å²) in [4.78, 5) is 24.5. The van der Waals surface area contributed by atoms with E-state index in [1.807, 2.05) is 6.08 Å². The monoisotopic (exact) mass is 1100 g/mol. The van der Waals surface area contributed by atoms with Crippen LogP contribution in [0.4, 0.5) is 0 Å². The fraction of sp³-hybridized carbons (Fsp3) is 0.944. The average molecular weight is 1100 g/mol. The Morgan fingerprint density at radius 3 is 0.872 bits per heavy atom. The minimum absolute atomic E-state index is 0.0266. The number of carbonyl (C=O) groups is 2. The Balaban J connectivity index is 3.27. The number of amides is 1. The summed E-state index contributed by atoms with van der Waals surface area (Å²) >= 11 is 0. The first kappa shape index (κ1) is 76.6. The molecule has 0 aromatic heterocycles. The Hall–Kier alpha value is -1.40. The van der Waals surface area contributed by atoms with Crippen LogP contribution < -0.4 is 5.32 Å². The van der Waals surface area contributed by atoms with Crippen LogP contribution in [-0.2, 0) is 14.3 Å². The highest BCUT2D eigenvalue weighted by atomic mass is 16.5. The van der Waals surface area contributed by atoms with Crippen LogP contribution in [0.5, 0.6) is 0 Å². The second-order valence-corrected chi connectivity index (χ2v) is 24.9. The minimum atomic E-state index is -0.838. The van der Waals surface area contributed by atoms with E-state index in [0.717, 1.165) is 38.5 Å². The molecule has 0 aliphatic rings. The van der Waals surface area contributed by atoms with Crippen LogP contribution in [0.2, 0.25) is 0 Å². The maximum absolute atomic E-state index is 12.4. The topological polar surface area (TPSA) is 95.9 Å². The maximum atomic E-state index is 12.4. The molecule has 0 rings (SSSR count). The molecule has 78 heavy (non-hydrogen) atoms. The van der Waals surface area contributed by atoms with Crippen molar-refractivity contribution in [2.45, 2.75) is 424 Å². The summed E-state index contributed by atoms with van der Waals surface area (Å²) in [6, 6.07) is -0.621. The zero-order valence-electron chi connectivity index (χ0n) is 53.2. The number of unbranched alkanes of at least 4 members (excludes halogenated alkanes) is 57. The molecule has 0 saturated carbocycles. The van der Waals surface area contributed by atoms with E-state index in [1.54, 1.807) is 6.08 Å². The first-order valence-electron chi connectivity index (χ1n) is 36.0. The smallest absolute Gasteiger partial charge is 0.305 e. The van der Waals surface area contributed by atoms with Gasteiger partial charge in [-0.05, 0) is 32.1 Å². The van der Waals surface area contributed by atoms with Crippen molar-refractivity contribution in [3.63, 3.8) is 0 Å². The number of rotatable bonds is 68. The Morgan fingerprint density at radius 2 is 0.590 bits per heavy atom. The molecule has 2 unspecified atom stereocenters. The SMILES string of the molecule is CCCCCCCCCC/C=C/C(O)C(CO)NC(=O)CCCCCCCCCCCCCCCCCCCCCCCCCCCCCCCCCCCCCOC(=O)CCCCCCCCCCCCCCCCCC. The van der Waals surface area contributed by atoms with Gasteiger partial charge in [-0.3, -0.25) is 9.59 Å². The summed E-state index contributed by atoms with van der Waals surface area (Å²) in [7, 11) is 0. The molecule has 0 fully saturated rings. The lowest BCUT2D eigenvalue weighted by atomic mass is 10.0. The highest BCUT2D eigenvalue weighted by Gasteiger charge is 2.18. The molecule has 3 N–H and O–H groups in total. The molecule has 1 amide bonds. The molecule has 0 heterocycles. The fourth-order valence-electron chi connectivity index (χ4n) is 11.6. The van der Waals surface area contributed by atoms with Gasteiger partial charge in [-0.15, -0.1) is 0 Å². The van der Waals surface area contributed by atoms with Crippen molar-refractivity contribution >= 4 is 11.9 Å². The predicted octanol–water partition coefficient (Wildman–Crippen LogP) is 23.1. The van der Waals surface area contributed by atoms with Crippen molar-refractivity contribution in [2.24, 2.45) is 0 Å². The summed E-state index contributed by atoms with van der Waals surface area (Å²) in [5.74, 6) is -0.0359. The van der Waals surface area contributed by atoms with E-state index >= 15 is 0 Å². The van der Waals surface area contributed by atoms with Crippen molar-refractivity contribution in [1.82, 2.24) is 5.32 Å². The van der Waals surface area contributed by atoms with Crippen molar-refractivity contribution in [3.8, 4) is 0 Å². The van der Waals surface area contributed by atoms with E-state index in [1.165, 1.54) is 347 Å². The maximum Gasteiger partial charge on any atom is 0.305 e. The average Bonchev–Trinajstić information content (AvgIpc) is 3.44. The quantitative estimate of drug-likeness (QED) is 0.0320. The third kappa shape index (κ3) is 63.8. The van der Waals surface area contributed by atoms with Gasteiger partial charge in [-0.2, -0.15) is 0 Å². The van der Waals surface area contributed by atoms with Crippen LogP contribution in [0.15, 0.2) is 12.2 Å². The first-order valence-corrected chi connectivity index (χ1v) is 36.0. The number of ether oxygens (including phenoxy) is 1. The van der Waals surface area contributed by atoms with E-state index < -0.39 is 12.1 Å². The third-order valence-corrected chi connectivity index (χ3v) is 17.1. The number of hydrogen-bond acceptors (Lipinski definition) is 5. The molecule has 0 bridgehead atoms. The molecular weight excluding hydrogens is 959 g/mol. The van der Waals surface area contributed by atoms with E-state index in [0.29, 0.717) is 19.4 Å². The zero-order chi connectivity index (χ0) is 56.4. The van der Waals surface area contributed by atoms with Crippen LogP contribution in [0.1, 0.15) is 412 Å². The number of aliphatic hydroxyl groups excluding tert-OH is 2. The molecule has 0 radical (unpaired) electrons. The first-order chi connectivity index (χ1) is 38.5. The molecule has 0 aromatic carbocycles. The van der Waals surface area contributed by atoms with Crippen molar-refractivity contribution in [2.75, 3.05) is 13.2 Å². The lowest BCUT2D eigenvalue weighted by molar-refractivity contribution is -0.143. The van der Waals surface area contributed by atoms with Gasteiger partial charge in [0.2, 0.25) is 5.91 Å². The van der Waals surface area contributed by atoms with Crippen molar-refractivity contribution in [3.05, 3.63) is 12.2 Å². The van der Waals surface area contributed by atoms with Gasteiger partial charge in [0.25, 0.3) is 0 Å². The molecule has 0 aliphatic carbocycles. The number of hydrogen-bond donors (Lipinski definition) is 3. The van der Waals surface area contributed by atoms with E-state index in [9.17, 15) is 19.8 Å². The Kier molecular flexibility index (Phi) is 66.9. The molecule has 464 valence electrons. The molecule has 0 aliphatic heterocycles.